The molecule has 0 aliphatic rings. The Hall–Kier alpha value is -1.83. The van der Waals surface area contributed by atoms with Crippen molar-refractivity contribution in [3.05, 3.63) is 42.0 Å². The van der Waals surface area contributed by atoms with Gasteiger partial charge in [0.1, 0.15) is 5.75 Å². The summed E-state index contributed by atoms with van der Waals surface area (Å²) < 4.78 is 5.19. The molecule has 2 nitrogen and oxygen atoms in total. The van der Waals surface area contributed by atoms with Crippen molar-refractivity contribution in [2.45, 2.75) is 20.3 Å². The first-order valence-electron chi connectivity index (χ1n) is 5.41. The molecular formula is C14H14O2. The van der Waals surface area contributed by atoms with Gasteiger partial charge in [0.05, 0.1) is 0 Å². The normalized spacial score (nSPS) is 10.4. The standard InChI is InChI=1S/C14H14O2/c1-3-11-6-4-8-13-12(11)7-5-9-14(13)16-10(2)15/h4-9H,3H2,1-2H3. The monoisotopic (exact) mass is 214 g/mol. The van der Waals surface area contributed by atoms with Crippen LogP contribution >= 0.6 is 0 Å². The molecular weight excluding hydrogens is 200 g/mol. The molecule has 0 atom stereocenters. The van der Waals surface area contributed by atoms with Gasteiger partial charge in [-0.3, -0.25) is 4.79 Å². The number of esters is 1. The molecule has 0 aliphatic carbocycles. The van der Waals surface area contributed by atoms with E-state index in [0.717, 1.165) is 17.2 Å². The van der Waals surface area contributed by atoms with Crippen LogP contribution in [0.15, 0.2) is 36.4 Å². The number of rotatable bonds is 2. The number of hydrogen-bond acceptors (Lipinski definition) is 2. The lowest BCUT2D eigenvalue weighted by Crippen LogP contribution is -2.01. The Balaban J connectivity index is 2.64. The molecule has 0 radical (unpaired) electrons. The summed E-state index contributed by atoms with van der Waals surface area (Å²) in [5, 5.41) is 2.15. The maximum Gasteiger partial charge on any atom is 0.308 e. The summed E-state index contributed by atoms with van der Waals surface area (Å²) in [4.78, 5) is 11.0. The largest absolute Gasteiger partial charge is 0.426 e. The van der Waals surface area contributed by atoms with Crippen molar-refractivity contribution in [2.24, 2.45) is 0 Å². The van der Waals surface area contributed by atoms with Crippen LogP contribution in [0.4, 0.5) is 0 Å². The highest BCUT2D eigenvalue weighted by atomic mass is 16.5. The van der Waals surface area contributed by atoms with Crippen molar-refractivity contribution < 1.29 is 9.53 Å². The van der Waals surface area contributed by atoms with Crippen LogP contribution in [0.5, 0.6) is 5.75 Å². The predicted octanol–water partition coefficient (Wildman–Crippen LogP) is 3.33. The molecule has 0 aliphatic heterocycles. The minimum absolute atomic E-state index is 0.283. The molecule has 2 aromatic carbocycles. The minimum atomic E-state index is -0.283. The van der Waals surface area contributed by atoms with Gasteiger partial charge in [0, 0.05) is 12.3 Å². The lowest BCUT2D eigenvalue weighted by atomic mass is 10.0. The average Bonchev–Trinajstić information content (AvgIpc) is 2.28. The Morgan fingerprint density at radius 1 is 1.12 bits per heavy atom. The van der Waals surface area contributed by atoms with Gasteiger partial charge in [-0.05, 0) is 23.4 Å². The number of aryl methyl sites for hydroxylation is 1. The third kappa shape index (κ3) is 1.91. The highest BCUT2D eigenvalue weighted by Gasteiger charge is 2.06. The highest BCUT2D eigenvalue weighted by Crippen LogP contribution is 2.28. The molecule has 16 heavy (non-hydrogen) atoms. The van der Waals surface area contributed by atoms with Gasteiger partial charge < -0.3 is 4.74 Å². The quantitative estimate of drug-likeness (QED) is 0.566. The summed E-state index contributed by atoms with van der Waals surface area (Å²) in [5.41, 5.74) is 1.27. The molecule has 0 N–H and O–H groups in total. The third-order valence-electron chi connectivity index (χ3n) is 2.61. The fourth-order valence-corrected chi connectivity index (χ4v) is 1.90. The van der Waals surface area contributed by atoms with Gasteiger partial charge in [-0.1, -0.05) is 37.3 Å². The third-order valence-corrected chi connectivity index (χ3v) is 2.61. The van der Waals surface area contributed by atoms with Crippen molar-refractivity contribution in [3.8, 4) is 5.75 Å². The summed E-state index contributed by atoms with van der Waals surface area (Å²) in [5.74, 6) is 0.356. The second kappa shape index (κ2) is 4.35. The average molecular weight is 214 g/mol. The van der Waals surface area contributed by atoms with Crippen LogP contribution < -0.4 is 4.74 Å². The maximum absolute atomic E-state index is 11.0. The van der Waals surface area contributed by atoms with Crippen molar-refractivity contribution >= 4 is 16.7 Å². The molecule has 0 amide bonds. The van der Waals surface area contributed by atoms with E-state index >= 15 is 0 Å². The molecule has 2 rings (SSSR count). The van der Waals surface area contributed by atoms with E-state index in [0.29, 0.717) is 5.75 Å². The lowest BCUT2D eigenvalue weighted by molar-refractivity contribution is -0.131. The van der Waals surface area contributed by atoms with Crippen LogP contribution in [0.1, 0.15) is 19.4 Å². The number of hydrogen-bond donors (Lipinski definition) is 0. The number of carbonyl (C=O) groups excluding carboxylic acids is 1. The fraction of sp³-hybridized carbons (Fsp3) is 0.214. The Morgan fingerprint density at radius 3 is 2.50 bits per heavy atom. The number of ether oxygens (including phenoxy) is 1. The highest BCUT2D eigenvalue weighted by molar-refractivity contribution is 5.92. The van der Waals surface area contributed by atoms with Gasteiger partial charge in [0.25, 0.3) is 0 Å². The number of carbonyl (C=O) groups is 1. The van der Waals surface area contributed by atoms with E-state index in [4.69, 9.17) is 4.74 Å². The summed E-state index contributed by atoms with van der Waals surface area (Å²) in [6.07, 6.45) is 0.973. The van der Waals surface area contributed by atoms with Gasteiger partial charge in [0.15, 0.2) is 0 Å². The zero-order valence-electron chi connectivity index (χ0n) is 9.49. The first-order chi connectivity index (χ1) is 7.72. The Morgan fingerprint density at radius 2 is 1.81 bits per heavy atom. The van der Waals surface area contributed by atoms with Crippen molar-refractivity contribution in [1.29, 1.82) is 0 Å². The topological polar surface area (TPSA) is 26.3 Å². The SMILES string of the molecule is CCc1cccc2c(OC(C)=O)cccc12. The molecule has 0 bridgehead atoms. The van der Waals surface area contributed by atoms with Gasteiger partial charge >= 0.3 is 5.97 Å². The summed E-state index contributed by atoms with van der Waals surface area (Å²) in [6, 6.07) is 11.9. The Kier molecular flexibility index (Phi) is 2.91. The van der Waals surface area contributed by atoms with Crippen LogP contribution in [0.3, 0.4) is 0 Å². The number of fused-ring (bicyclic) bond motifs is 1. The van der Waals surface area contributed by atoms with E-state index in [-0.39, 0.29) is 5.97 Å². The Bertz CT molecular complexity index is 529. The second-order valence-corrected chi connectivity index (χ2v) is 3.72. The molecule has 0 saturated carbocycles. The van der Waals surface area contributed by atoms with E-state index in [1.807, 2.05) is 24.3 Å². The Labute approximate surface area is 94.8 Å². The molecule has 82 valence electrons. The molecule has 2 heteroatoms. The number of benzene rings is 2. The molecule has 0 saturated heterocycles. The smallest absolute Gasteiger partial charge is 0.308 e. The summed E-state index contributed by atoms with van der Waals surface area (Å²) >= 11 is 0. The van der Waals surface area contributed by atoms with Gasteiger partial charge in [-0.15, -0.1) is 0 Å². The second-order valence-electron chi connectivity index (χ2n) is 3.72. The molecule has 0 fully saturated rings. The van der Waals surface area contributed by atoms with E-state index in [1.54, 1.807) is 0 Å². The molecule has 0 spiro atoms. The van der Waals surface area contributed by atoms with Gasteiger partial charge in [0.2, 0.25) is 0 Å². The van der Waals surface area contributed by atoms with Crippen LogP contribution in [-0.2, 0) is 11.2 Å². The van der Waals surface area contributed by atoms with E-state index in [1.165, 1.54) is 12.5 Å². The molecule has 0 heterocycles. The first kappa shape index (κ1) is 10.7. The van der Waals surface area contributed by atoms with Gasteiger partial charge in [-0.2, -0.15) is 0 Å². The molecule has 2 aromatic rings. The lowest BCUT2D eigenvalue weighted by Gasteiger charge is -2.08. The van der Waals surface area contributed by atoms with Crippen molar-refractivity contribution in [3.63, 3.8) is 0 Å². The minimum Gasteiger partial charge on any atom is -0.426 e. The predicted molar refractivity (Wildman–Crippen MR) is 64.6 cm³/mol. The molecule has 0 unspecified atom stereocenters. The van der Waals surface area contributed by atoms with Gasteiger partial charge in [-0.25, -0.2) is 0 Å². The van der Waals surface area contributed by atoms with Crippen LogP contribution in [0, 0.1) is 0 Å². The van der Waals surface area contributed by atoms with Crippen LogP contribution in [0.25, 0.3) is 10.8 Å². The zero-order valence-corrected chi connectivity index (χ0v) is 9.49. The van der Waals surface area contributed by atoms with E-state index in [2.05, 4.69) is 19.1 Å². The summed E-state index contributed by atoms with van der Waals surface area (Å²) in [6.45, 7) is 3.54. The van der Waals surface area contributed by atoms with Crippen molar-refractivity contribution in [1.82, 2.24) is 0 Å². The fourth-order valence-electron chi connectivity index (χ4n) is 1.90. The van der Waals surface area contributed by atoms with Crippen LogP contribution in [0.2, 0.25) is 0 Å². The van der Waals surface area contributed by atoms with E-state index in [9.17, 15) is 4.79 Å². The zero-order chi connectivity index (χ0) is 11.5. The molecule has 0 aromatic heterocycles. The maximum atomic E-state index is 11.0. The first-order valence-corrected chi connectivity index (χ1v) is 5.41. The van der Waals surface area contributed by atoms with Crippen molar-refractivity contribution in [2.75, 3.05) is 0 Å². The summed E-state index contributed by atoms with van der Waals surface area (Å²) in [7, 11) is 0. The van der Waals surface area contributed by atoms with Crippen LogP contribution in [-0.4, -0.2) is 5.97 Å². The van der Waals surface area contributed by atoms with E-state index < -0.39 is 0 Å².